The average Bonchev–Trinajstić information content (AvgIpc) is 3.27. The van der Waals surface area contributed by atoms with Gasteiger partial charge < -0.3 is 15.8 Å². The molecule has 9 nitrogen and oxygen atoms in total. The molecular weight excluding hydrogens is 372 g/mol. The normalized spacial score (nSPS) is 10.6. The first-order chi connectivity index (χ1) is 13.0. The van der Waals surface area contributed by atoms with Crippen molar-refractivity contribution in [3.05, 3.63) is 59.1 Å². The van der Waals surface area contributed by atoms with Crippen LogP contribution in [0.25, 0.3) is 0 Å². The fraction of sp³-hybridized carbons (Fsp3) is 0.176. The van der Waals surface area contributed by atoms with Crippen LogP contribution in [-0.2, 0) is 13.3 Å². The molecule has 10 heteroatoms. The van der Waals surface area contributed by atoms with Crippen molar-refractivity contribution in [1.29, 1.82) is 0 Å². The van der Waals surface area contributed by atoms with Crippen LogP contribution in [0, 0.1) is 0 Å². The average molecular weight is 389 g/mol. The number of amides is 2. The first-order valence-corrected chi connectivity index (χ1v) is 8.45. The van der Waals surface area contributed by atoms with Crippen molar-refractivity contribution >= 4 is 29.1 Å². The number of hydrogen-bond donors (Lipinski definition) is 2. The van der Waals surface area contributed by atoms with E-state index in [0.717, 1.165) is 0 Å². The molecule has 0 aliphatic heterocycles. The van der Waals surface area contributed by atoms with E-state index >= 15 is 0 Å². The van der Waals surface area contributed by atoms with Crippen LogP contribution < -0.4 is 15.8 Å². The molecule has 0 saturated carbocycles. The molecule has 140 valence electrons. The molecule has 2 amide bonds. The molecule has 0 aliphatic carbocycles. The SMILES string of the molecule is CCn1cc(NC(=O)c2ccnn2COc2ccccc2Cl)c(C(N)=O)n1. The Bertz CT molecular complexity index is 981. The molecule has 0 unspecified atom stereocenters. The zero-order chi connectivity index (χ0) is 19.4. The topological polar surface area (TPSA) is 117 Å². The van der Waals surface area contributed by atoms with Crippen LogP contribution in [0.2, 0.25) is 5.02 Å². The lowest BCUT2D eigenvalue weighted by Gasteiger charge is -2.10. The molecule has 3 aromatic rings. The van der Waals surface area contributed by atoms with Gasteiger partial charge in [-0.25, -0.2) is 4.68 Å². The number of hydrogen-bond acceptors (Lipinski definition) is 5. The molecule has 1 aromatic carbocycles. The third-order valence-electron chi connectivity index (χ3n) is 3.70. The Kier molecular flexibility index (Phi) is 5.41. The summed E-state index contributed by atoms with van der Waals surface area (Å²) in [5.74, 6) is -0.734. The number of aryl methyl sites for hydroxylation is 1. The number of carbonyl (C=O) groups excluding carboxylic acids is 2. The second-order valence-corrected chi connectivity index (χ2v) is 5.89. The number of halogens is 1. The van der Waals surface area contributed by atoms with Gasteiger partial charge in [-0.1, -0.05) is 23.7 Å². The first-order valence-electron chi connectivity index (χ1n) is 8.07. The summed E-state index contributed by atoms with van der Waals surface area (Å²) < 4.78 is 8.48. The van der Waals surface area contributed by atoms with E-state index in [2.05, 4.69) is 15.5 Å². The number of ether oxygens (including phenoxy) is 1. The fourth-order valence-corrected chi connectivity index (χ4v) is 2.55. The lowest BCUT2D eigenvalue weighted by molar-refractivity contribution is 0.0995. The molecule has 3 rings (SSSR count). The van der Waals surface area contributed by atoms with E-state index in [-0.39, 0.29) is 23.8 Å². The number of primary amides is 1. The summed E-state index contributed by atoms with van der Waals surface area (Å²) in [7, 11) is 0. The number of para-hydroxylation sites is 1. The maximum absolute atomic E-state index is 12.6. The predicted molar refractivity (Wildman–Crippen MR) is 98.7 cm³/mol. The lowest BCUT2D eigenvalue weighted by atomic mass is 10.3. The van der Waals surface area contributed by atoms with E-state index in [9.17, 15) is 9.59 Å². The number of carbonyl (C=O) groups is 2. The minimum atomic E-state index is -0.729. The molecule has 0 aliphatic rings. The molecule has 2 aromatic heterocycles. The molecule has 3 N–H and O–H groups in total. The highest BCUT2D eigenvalue weighted by molar-refractivity contribution is 6.32. The van der Waals surface area contributed by atoms with Crippen LogP contribution in [-0.4, -0.2) is 31.4 Å². The summed E-state index contributed by atoms with van der Waals surface area (Å²) in [4.78, 5) is 24.1. The van der Waals surface area contributed by atoms with Gasteiger partial charge in [0, 0.05) is 18.9 Å². The molecule has 0 bridgehead atoms. The second kappa shape index (κ2) is 7.92. The van der Waals surface area contributed by atoms with Crippen molar-refractivity contribution in [3.63, 3.8) is 0 Å². The number of anilines is 1. The maximum Gasteiger partial charge on any atom is 0.274 e. The number of nitrogens with one attached hydrogen (secondary N) is 1. The van der Waals surface area contributed by atoms with Crippen LogP contribution in [0.5, 0.6) is 5.75 Å². The number of benzene rings is 1. The van der Waals surface area contributed by atoms with E-state index < -0.39 is 11.8 Å². The van der Waals surface area contributed by atoms with E-state index in [1.165, 1.54) is 21.6 Å². The third-order valence-corrected chi connectivity index (χ3v) is 4.01. The summed E-state index contributed by atoms with van der Waals surface area (Å²) >= 11 is 6.05. The number of aromatic nitrogens is 4. The van der Waals surface area contributed by atoms with Gasteiger partial charge in [-0.05, 0) is 25.1 Å². The Morgan fingerprint density at radius 1 is 1.30 bits per heavy atom. The molecule has 2 heterocycles. The van der Waals surface area contributed by atoms with E-state index in [1.54, 1.807) is 30.5 Å². The Hall–Kier alpha value is -3.33. The van der Waals surface area contributed by atoms with Crippen molar-refractivity contribution in [2.24, 2.45) is 5.73 Å². The minimum Gasteiger partial charge on any atom is -0.470 e. The molecule has 0 fully saturated rings. The zero-order valence-corrected chi connectivity index (χ0v) is 15.2. The molecule has 0 atom stereocenters. The van der Waals surface area contributed by atoms with Gasteiger partial charge in [-0.2, -0.15) is 10.2 Å². The third kappa shape index (κ3) is 4.09. The minimum absolute atomic E-state index is 0.0106. The Morgan fingerprint density at radius 2 is 2.07 bits per heavy atom. The van der Waals surface area contributed by atoms with Crippen LogP contribution >= 0.6 is 11.6 Å². The van der Waals surface area contributed by atoms with Gasteiger partial charge in [-0.3, -0.25) is 14.3 Å². The molecular formula is C17H17ClN6O3. The van der Waals surface area contributed by atoms with Crippen LogP contribution in [0.15, 0.2) is 42.7 Å². The van der Waals surface area contributed by atoms with Crippen molar-refractivity contribution < 1.29 is 14.3 Å². The molecule has 0 spiro atoms. The highest BCUT2D eigenvalue weighted by Crippen LogP contribution is 2.23. The van der Waals surface area contributed by atoms with Gasteiger partial charge in [0.25, 0.3) is 11.8 Å². The summed E-state index contributed by atoms with van der Waals surface area (Å²) in [5, 5.41) is 11.2. The Balaban J connectivity index is 1.75. The quantitative estimate of drug-likeness (QED) is 0.643. The summed E-state index contributed by atoms with van der Waals surface area (Å²) in [6.07, 6.45) is 3.01. The summed E-state index contributed by atoms with van der Waals surface area (Å²) in [6.45, 7) is 2.36. The highest BCUT2D eigenvalue weighted by Gasteiger charge is 2.19. The van der Waals surface area contributed by atoms with Crippen molar-refractivity contribution in [2.45, 2.75) is 20.2 Å². The van der Waals surface area contributed by atoms with Gasteiger partial charge in [0.15, 0.2) is 12.4 Å². The van der Waals surface area contributed by atoms with E-state index in [0.29, 0.717) is 17.3 Å². The fourth-order valence-electron chi connectivity index (χ4n) is 2.36. The standard InChI is InChI=1S/C17H17ClN6O3/c1-2-23-9-12(15(22-23)16(19)25)21-17(26)13-7-8-20-24(13)10-27-14-6-4-3-5-11(14)18/h3-9H,2,10H2,1H3,(H2,19,25)(H,21,26). The summed E-state index contributed by atoms with van der Waals surface area (Å²) in [6, 6.07) is 8.51. The number of rotatable bonds is 7. The van der Waals surface area contributed by atoms with Crippen molar-refractivity contribution in [1.82, 2.24) is 19.6 Å². The molecule has 0 radical (unpaired) electrons. The largest absolute Gasteiger partial charge is 0.470 e. The maximum atomic E-state index is 12.6. The van der Waals surface area contributed by atoms with Crippen LogP contribution in [0.1, 0.15) is 27.9 Å². The predicted octanol–water partition coefficient (Wildman–Crippen LogP) is 2.14. The van der Waals surface area contributed by atoms with Crippen molar-refractivity contribution in [3.8, 4) is 5.75 Å². The lowest BCUT2D eigenvalue weighted by Crippen LogP contribution is -2.21. The first kappa shape index (κ1) is 18.5. The number of nitrogens with two attached hydrogens (primary N) is 1. The summed E-state index contributed by atoms with van der Waals surface area (Å²) in [5.41, 5.74) is 5.77. The zero-order valence-electron chi connectivity index (χ0n) is 14.4. The van der Waals surface area contributed by atoms with E-state index in [4.69, 9.17) is 22.1 Å². The number of nitrogens with zero attached hydrogens (tertiary/aromatic N) is 4. The van der Waals surface area contributed by atoms with Crippen molar-refractivity contribution in [2.75, 3.05) is 5.32 Å². The Labute approximate surface area is 159 Å². The van der Waals surface area contributed by atoms with Gasteiger partial charge in [0.05, 0.1) is 10.7 Å². The van der Waals surface area contributed by atoms with Gasteiger partial charge in [0.1, 0.15) is 11.4 Å². The van der Waals surface area contributed by atoms with Gasteiger partial charge >= 0.3 is 0 Å². The second-order valence-electron chi connectivity index (χ2n) is 5.49. The van der Waals surface area contributed by atoms with Crippen LogP contribution in [0.4, 0.5) is 5.69 Å². The van der Waals surface area contributed by atoms with Gasteiger partial charge in [-0.15, -0.1) is 0 Å². The molecule has 27 heavy (non-hydrogen) atoms. The smallest absolute Gasteiger partial charge is 0.274 e. The highest BCUT2D eigenvalue weighted by atomic mass is 35.5. The van der Waals surface area contributed by atoms with Gasteiger partial charge in [0.2, 0.25) is 0 Å². The van der Waals surface area contributed by atoms with Crippen LogP contribution in [0.3, 0.4) is 0 Å². The monoisotopic (exact) mass is 388 g/mol. The van der Waals surface area contributed by atoms with E-state index in [1.807, 2.05) is 6.92 Å². The molecule has 0 saturated heterocycles. The Morgan fingerprint density at radius 3 is 2.78 bits per heavy atom.